The number of rotatable bonds is 3. The summed E-state index contributed by atoms with van der Waals surface area (Å²) in [7, 11) is 1.61. The van der Waals surface area contributed by atoms with Crippen LogP contribution in [0.1, 0.15) is 13.8 Å². The van der Waals surface area contributed by atoms with Crippen molar-refractivity contribution < 1.29 is 9.47 Å². The third kappa shape index (κ3) is 2.86. The van der Waals surface area contributed by atoms with Gasteiger partial charge >= 0.3 is 0 Å². The highest BCUT2D eigenvalue weighted by molar-refractivity contribution is 5.50. The van der Waals surface area contributed by atoms with E-state index >= 15 is 0 Å². The van der Waals surface area contributed by atoms with Crippen LogP contribution in [0.25, 0.3) is 0 Å². The first-order chi connectivity index (χ1) is 6.11. The monoisotopic (exact) mass is 181 g/mol. The summed E-state index contributed by atoms with van der Waals surface area (Å²) in [6.45, 7) is 3.94. The van der Waals surface area contributed by atoms with E-state index in [1.165, 1.54) is 0 Å². The van der Waals surface area contributed by atoms with Crippen molar-refractivity contribution in [1.29, 1.82) is 0 Å². The van der Waals surface area contributed by atoms with Crippen molar-refractivity contribution in [2.24, 2.45) is 0 Å². The summed E-state index contributed by atoms with van der Waals surface area (Å²) in [4.78, 5) is 0. The largest absolute Gasteiger partial charge is 0.497 e. The molecule has 0 aliphatic heterocycles. The number of ether oxygens (including phenoxy) is 2. The smallest absolute Gasteiger partial charge is 0.125 e. The van der Waals surface area contributed by atoms with E-state index in [2.05, 4.69) is 0 Å². The molecule has 0 spiro atoms. The van der Waals surface area contributed by atoms with Crippen LogP contribution in [0.2, 0.25) is 0 Å². The second kappa shape index (κ2) is 4.03. The van der Waals surface area contributed by atoms with Gasteiger partial charge in [0.2, 0.25) is 0 Å². The van der Waals surface area contributed by atoms with Gasteiger partial charge in [0.1, 0.15) is 11.5 Å². The summed E-state index contributed by atoms with van der Waals surface area (Å²) in [6, 6.07) is 5.35. The molecule has 72 valence electrons. The van der Waals surface area contributed by atoms with Gasteiger partial charge in [0.05, 0.1) is 13.2 Å². The predicted molar refractivity (Wildman–Crippen MR) is 53.2 cm³/mol. The van der Waals surface area contributed by atoms with E-state index < -0.39 is 0 Å². The summed E-state index contributed by atoms with van der Waals surface area (Å²) < 4.78 is 10.5. The highest BCUT2D eigenvalue weighted by Gasteiger charge is 2.01. The molecule has 3 nitrogen and oxygen atoms in total. The molecule has 0 bridgehead atoms. The van der Waals surface area contributed by atoms with Gasteiger partial charge in [-0.15, -0.1) is 0 Å². The van der Waals surface area contributed by atoms with Gasteiger partial charge in [0.15, 0.2) is 0 Å². The fourth-order valence-electron chi connectivity index (χ4n) is 1.05. The Morgan fingerprint density at radius 2 is 1.77 bits per heavy atom. The van der Waals surface area contributed by atoms with Gasteiger partial charge in [0, 0.05) is 23.9 Å². The molecular formula is C10H15NO2. The van der Waals surface area contributed by atoms with E-state index in [1.807, 2.05) is 19.9 Å². The zero-order valence-electron chi connectivity index (χ0n) is 8.20. The minimum absolute atomic E-state index is 0.145. The molecule has 1 rings (SSSR count). The molecule has 0 amide bonds. The van der Waals surface area contributed by atoms with E-state index in [-0.39, 0.29) is 6.10 Å². The third-order valence-electron chi connectivity index (χ3n) is 1.51. The van der Waals surface area contributed by atoms with Crippen molar-refractivity contribution >= 4 is 5.69 Å². The molecule has 1 aromatic rings. The second-order valence-electron chi connectivity index (χ2n) is 3.11. The van der Waals surface area contributed by atoms with Crippen LogP contribution in [-0.2, 0) is 0 Å². The van der Waals surface area contributed by atoms with Crippen molar-refractivity contribution in [2.45, 2.75) is 20.0 Å². The van der Waals surface area contributed by atoms with E-state index in [1.54, 1.807) is 19.2 Å². The van der Waals surface area contributed by atoms with Gasteiger partial charge in [-0.1, -0.05) is 0 Å². The number of anilines is 1. The Labute approximate surface area is 78.5 Å². The Bertz CT molecular complexity index is 284. The number of nitrogens with two attached hydrogens (primary N) is 1. The molecule has 0 atom stereocenters. The first-order valence-electron chi connectivity index (χ1n) is 4.23. The zero-order chi connectivity index (χ0) is 9.84. The quantitative estimate of drug-likeness (QED) is 0.726. The minimum Gasteiger partial charge on any atom is -0.497 e. The van der Waals surface area contributed by atoms with Crippen LogP contribution in [0, 0.1) is 0 Å². The highest BCUT2D eigenvalue weighted by Crippen LogP contribution is 2.24. The summed E-state index contributed by atoms with van der Waals surface area (Å²) >= 11 is 0. The predicted octanol–water partition coefficient (Wildman–Crippen LogP) is 2.06. The molecule has 0 aromatic heterocycles. The van der Waals surface area contributed by atoms with Crippen LogP contribution in [-0.4, -0.2) is 13.2 Å². The van der Waals surface area contributed by atoms with E-state index in [9.17, 15) is 0 Å². The van der Waals surface area contributed by atoms with Crippen LogP contribution in [0.5, 0.6) is 11.5 Å². The van der Waals surface area contributed by atoms with Crippen LogP contribution in [0.4, 0.5) is 5.69 Å². The van der Waals surface area contributed by atoms with Crippen LogP contribution in [0.3, 0.4) is 0 Å². The Morgan fingerprint density at radius 3 is 2.31 bits per heavy atom. The number of benzene rings is 1. The Morgan fingerprint density at radius 1 is 1.15 bits per heavy atom. The fraction of sp³-hybridized carbons (Fsp3) is 0.400. The van der Waals surface area contributed by atoms with Gasteiger partial charge in [-0.05, 0) is 13.8 Å². The third-order valence-corrected chi connectivity index (χ3v) is 1.51. The van der Waals surface area contributed by atoms with Gasteiger partial charge in [-0.2, -0.15) is 0 Å². The van der Waals surface area contributed by atoms with Crippen LogP contribution >= 0.6 is 0 Å². The van der Waals surface area contributed by atoms with Gasteiger partial charge in [-0.25, -0.2) is 0 Å². The molecule has 3 heteroatoms. The molecule has 0 radical (unpaired) electrons. The first-order valence-corrected chi connectivity index (χ1v) is 4.23. The number of hydrogen-bond donors (Lipinski definition) is 1. The van der Waals surface area contributed by atoms with Gasteiger partial charge in [-0.3, -0.25) is 0 Å². The molecule has 0 unspecified atom stereocenters. The average Bonchev–Trinajstić information content (AvgIpc) is 2.01. The Balaban J connectivity index is 2.88. The van der Waals surface area contributed by atoms with Crippen molar-refractivity contribution in [2.75, 3.05) is 12.8 Å². The Kier molecular flexibility index (Phi) is 3.01. The topological polar surface area (TPSA) is 44.5 Å². The molecule has 0 fully saturated rings. The average molecular weight is 181 g/mol. The lowest BCUT2D eigenvalue weighted by Crippen LogP contribution is -2.05. The van der Waals surface area contributed by atoms with E-state index in [4.69, 9.17) is 15.2 Å². The van der Waals surface area contributed by atoms with Gasteiger partial charge in [0.25, 0.3) is 0 Å². The van der Waals surface area contributed by atoms with E-state index in [0.29, 0.717) is 5.69 Å². The van der Waals surface area contributed by atoms with Crippen molar-refractivity contribution in [3.8, 4) is 11.5 Å². The maximum absolute atomic E-state index is 5.65. The summed E-state index contributed by atoms with van der Waals surface area (Å²) in [5.41, 5.74) is 6.30. The molecule has 0 saturated carbocycles. The maximum atomic E-state index is 5.65. The SMILES string of the molecule is COc1cc(N)cc(OC(C)C)c1. The maximum Gasteiger partial charge on any atom is 0.125 e. The minimum atomic E-state index is 0.145. The summed E-state index contributed by atoms with van der Waals surface area (Å²) in [5, 5.41) is 0. The summed E-state index contributed by atoms with van der Waals surface area (Å²) in [5.74, 6) is 1.46. The fourth-order valence-corrected chi connectivity index (χ4v) is 1.05. The number of hydrogen-bond acceptors (Lipinski definition) is 3. The number of nitrogen functional groups attached to an aromatic ring is 1. The molecule has 2 N–H and O–H groups in total. The lowest BCUT2D eigenvalue weighted by atomic mass is 10.3. The lowest BCUT2D eigenvalue weighted by molar-refractivity contribution is 0.241. The molecule has 1 aromatic carbocycles. The van der Waals surface area contributed by atoms with Crippen molar-refractivity contribution in [1.82, 2.24) is 0 Å². The lowest BCUT2D eigenvalue weighted by Gasteiger charge is -2.11. The molecule has 0 aliphatic rings. The highest BCUT2D eigenvalue weighted by atomic mass is 16.5. The second-order valence-corrected chi connectivity index (χ2v) is 3.11. The standard InChI is InChI=1S/C10H15NO2/c1-7(2)13-10-5-8(11)4-9(6-10)12-3/h4-7H,11H2,1-3H3. The molecule has 0 aliphatic carbocycles. The van der Waals surface area contributed by atoms with Crippen molar-refractivity contribution in [3.63, 3.8) is 0 Å². The van der Waals surface area contributed by atoms with Crippen molar-refractivity contribution in [3.05, 3.63) is 18.2 Å². The normalized spacial score (nSPS) is 10.2. The van der Waals surface area contributed by atoms with Crippen LogP contribution < -0.4 is 15.2 Å². The number of methoxy groups -OCH3 is 1. The van der Waals surface area contributed by atoms with Gasteiger partial charge < -0.3 is 15.2 Å². The molecular weight excluding hydrogens is 166 g/mol. The molecule has 13 heavy (non-hydrogen) atoms. The van der Waals surface area contributed by atoms with E-state index in [0.717, 1.165) is 11.5 Å². The molecule has 0 heterocycles. The first kappa shape index (κ1) is 9.71. The Hall–Kier alpha value is -1.38. The molecule has 0 saturated heterocycles. The zero-order valence-corrected chi connectivity index (χ0v) is 8.20. The summed E-state index contributed by atoms with van der Waals surface area (Å²) in [6.07, 6.45) is 0.145. The van der Waals surface area contributed by atoms with Crippen LogP contribution in [0.15, 0.2) is 18.2 Å².